The van der Waals surface area contributed by atoms with Gasteiger partial charge in [-0.25, -0.2) is 4.98 Å². The molecule has 0 spiro atoms. The zero-order valence-corrected chi connectivity index (χ0v) is 12.3. The second-order valence-corrected chi connectivity index (χ2v) is 6.19. The molecule has 0 atom stereocenters. The average Bonchev–Trinajstić information content (AvgIpc) is 2.95. The van der Waals surface area contributed by atoms with Crippen molar-refractivity contribution < 1.29 is 13.2 Å². The van der Waals surface area contributed by atoms with E-state index in [0.717, 1.165) is 28.8 Å². The Balaban J connectivity index is 2.41. The molecule has 2 rings (SSSR count). The number of unbranched alkanes of at least 4 members (excludes halogenated alkanes) is 1. The second kappa shape index (κ2) is 6.04. The quantitative estimate of drug-likeness (QED) is 0.762. The Labute approximate surface area is 118 Å². The first-order chi connectivity index (χ1) is 9.55. The molecule has 0 bridgehead atoms. The molecule has 0 N–H and O–H groups in total. The Bertz CT molecular complexity index is 666. The molecule has 0 radical (unpaired) electrons. The van der Waals surface area contributed by atoms with Gasteiger partial charge in [0.2, 0.25) is 0 Å². The minimum atomic E-state index is -3.77. The molecule has 0 fully saturated rings. The minimum Gasteiger partial charge on any atom is -0.492 e. The van der Waals surface area contributed by atoms with Crippen LogP contribution in [-0.2, 0) is 10.0 Å². The number of rotatable bonds is 6. The van der Waals surface area contributed by atoms with Crippen LogP contribution in [0.1, 0.15) is 25.3 Å². The van der Waals surface area contributed by atoms with Gasteiger partial charge >= 0.3 is 0 Å². The van der Waals surface area contributed by atoms with E-state index in [1.165, 1.54) is 6.33 Å². The maximum absolute atomic E-state index is 12.5. The van der Waals surface area contributed by atoms with Crippen LogP contribution in [0.15, 0.2) is 35.7 Å². The van der Waals surface area contributed by atoms with Crippen LogP contribution in [0.5, 0.6) is 5.75 Å². The predicted molar refractivity (Wildman–Crippen MR) is 74.2 cm³/mol. The fraction of sp³-hybridized carbons (Fsp3) is 0.385. The summed E-state index contributed by atoms with van der Waals surface area (Å²) in [4.78, 5) is 3.78. The molecule has 0 saturated carbocycles. The first kappa shape index (κ1) is 14.5. The molecular formula is C13H17N3O3S. The second-order valence-electron chi connectivity index (χ2n) is 4.43. The van der Waals surface area contributed by atoms with Gasteiger partial charge in [-0.15, -0.1) is 9.19 Å². The van der Waals surface area contributed by atoms with Gasteiger partial charge in [0.15, 0.2) is 0 Å². The van der Waals surface area contributed by atoms with Crippen molar-refractivity contribution in [2.45, 2.75) is 31.6 Å². The highest BCUT2D eigenvalue weighted by atomic mass is 32.2. The first-order valence-electron chi connectivity index (χ1n) is 6.39. The number of hydrogen-bond donors (Lipinski definition) is 0. The van der Waals surface area contributed by atoms with Crippen LogP contribution in [-0.4, -0.2) is 29.2 Å². The lowest BCUT2D eigenvalue weighted by Crippen LogP contribution is -2.15. The lowest BCUT2D eigenvalue weighted by molar-refractivity contribution is 0.301. The number of nitrogens with zero attached hydrogens (tertiary/aromatic N) is 3. The number of aromatic nitrogens is 3. The Morgan fingerprint density at radius 1 is 1.35 bits per heavy atom. The van der Waals surface area contributed by atoms with Gasteiger partial charge in [0.1, 0.15) is 23.3 Å². The summed E-state index contributed by atoms with van der Waals surface area (Å²) in [5, 5.41) is 3.69. The van der Waals surface area contributed by atoms with Crippen molar-refractivity contribution in [3.63, 3.8) is 0 Å². The largest absolute Gasteiger partial charge is 0.492 e. The van der Waals surface area contributed by atoms with Crippen LogP contribution < -0.4 is 4.74 Å². The van der Waals surface area contributed by atoms with Gasteiger partial charge in [-0.3, -0.25) is 0 Å². The van der Waals surface area contributed by atoms with E-state index in [0.29, 0.717) is 12.4 Å². The molecule has 2 aromatic rings. The maximum Gasteiger partial charge on any atom is 0.288 e. The predicted octanol–water partition coefficient (Wildman–Crippen LogP) is 2.00. The van der Waals surface area contributed by atoms with E-state index in [4.69, 9.17) is 4.74 Å². The Kier molecular flexibility index (Phi) is 4.39. The highest BCUT2D eigenvalue weighted by molar-refractivity contribution is 7.90. The third-order valence-corrected chi connectivity index (χ3v) is 4.33. The van der Waals surface area contributed by atoms with Crippen molar-refractivity contribution >= 4 is 10.0 Å². The van der Waals surface area contributed by atoms with Crippen LogP contribution in [0.3, 0.4) is 0 Å². The first-order valence-corrected chi connectivity index (χ1v) is 7.83. The van der Waals surface area contributed by atoms with Gasteiger partial charge in [0, 0.05) is 0 Å². The molecule has 1 aromatic heterocycles. The molecular weight excluding hydrogens is 278 g/mol. The van der Waals surface area contributed by atoms with Crippen LogP contribution >= 0.6 is 0 Å². The summed E-state index contributed by atoms with van der Waals surface area (Å²) in [6.45, 7) is 4.36. The molecule has 0 aliphatic rings. The summed E-state index contributed by atoms with van der Waals surface area (Å²) in [5.41, 5.74) is 0.839. The van der Waals surface area contributed by atoms with Crippen molar-refractivity contribution in [2.24, 2.45) is 0 Å². The Morgan fingerprint density at radius 3 is 2.80 bits per heavy atom. The van der Waals surface area contributed by atoms with Crippen molar-refractivity contribution in [2.75, 3.05) is 6.61 Å². The monoisotopic (exact) mass is 295 g/mol. The lowest BCUT2D eigenvalue weighted by Gasteiger charge is -2.12. The standard InChI is InChI=1S/C13H17N3O3S/c1-3-4-7-19-12-6-5-11(2)8-13(12)20(17,18)16-10-14-9-15-16/h5-6,8-10H,3-4,7H2,1-2H3. The molecule has 1 heterocycles. The third kappa shape index (κ3) is 2.98. The molecule has 6 nitrogen and oxygen atoms in total. The highest BCUT2D eigenvalue weighted by Gasteiger charge is 2.22. The SMILES string of the molecule is CCCCOc1ccc(C)cc1S(=O)(=O)n1cncn1. The van der Waals surface area contributed by atoms with Crippen molar-refractivity contribution in [3.8, 4) is 5.75 Å². The van der Waals surface area contributed by atoms with Gasteiger partial charge < -0.3 is 4.74 Å². The van der Waals surface area contributed by atoms with Crippen molar-refractivity contribution in [1.29, 1.82) is 0 Å². The molecule has 0 aliphatic heterocycles. The Morgan fingerprint density at radius 2 is 2.15 bits per heavy atom. The number of hydrogen-bond acceptors (Lipinski definition) is 5. The molecule has 0 unspecified atom stereocenters. The van der Waals surface area contributed by atoms with Crippen LogP contribution in [0.4, 0.5) is 0 Å². The molecule has 108 valence electrons. The van der Waals surface area contributed by atoms with E-state index >= 15 is 0 Å². The number of ether oxygens (including phenoxy) is 1. The topological polar surface area (TPSA) is 74.1 Å². The maximum atomic E-state index is 12.5. The summed E-state index contributed by atoms with van der Waals surface area (Å²) in [7, 11) is -3.77. The average molecular weight is 295 g/mol. The van der Waals surface area contributed by atoms with Gasteiger partial charge in [-0.2, -0.15) is 8.42 Å². The van der Waals surface area contributed by atoms with Gasteiger partial charge in [-0.05, 0) is 31.0 Å². The fourth-order valence-corrected chi connectivity index (χ4v) is 2.95. The van der Waals surface area contributed by atoms with Crippen LogP contribution in [0.25, 0.3) is 0 Å². The zero-order valence-electron chi connectivity index (χ0n) is 11.5. The van der Waals surface area contributed by atoms with E-state index in [1.54, 1.807) is 12.1 Å². The summed E-state index contributed by atoms with van der Waals surface area (Å²) in [6.07, 6.45) is 4.20. The number of aryl methyl sites for hydroxylation is 1. The van der Waals surface area contributed by atoms with Crippen molar-refractivity contribution in [1.82, 2.24) is 14.2 Å². The summed E-state index contributed by atoms with van der Waals surface area (Å²) in [5.74, 6) is 0.347. The highest BCUT2D eigenvalue weighted by Crippen LogP contribution is 2.26. The lowest BCUT2D eigenvalue weighted by atomic mass is 10.2. The molecule has 20 heavy (non-hydrogen) atoms. The third-order valence-electron chi connectivity index (χ3n) is 2.78. The minimum absolute atomic E-state index is 0.110. The van der Waals surface area contributed by atoms with E-state index < -0.39 is 10.0 Å². The van der Waals surface area contributed by atoms with Crippen molar-refractivity contribution in [3.05, 3.63) is 36.4 Å². The molecule has 0 saturated heterocycles. The zero-order chi connectivity index (χ0) is 14.6. The van der Waals surface area contributed by atoms with Crippen LogP contribution in [0, 0.1) is 6.92 Å². The summed E-state index contributed by atoms with van der Waals surface area (Å²) >= 11 is 0. The molecule has 0 amide bonds. The van der Waals surface area contributed by atoms with E-state index in [9.17, 15) is 8.42 Å². The van der Waals surface area contributed by atoms with Gasteiger partial charge in [0.25, 0.3) is 10.0 Å². The van der Waals surface area contributed by atoms with Crippen LogP contribution in [0.2, 0.25) is 0 Å². The molecule has 1 aromatic carbocycles. The fourth-order valence-electron chi connectivity index (χ4n) is 1.68. The van der Waals surface area contributed by atoms with E-state index in [-0.39, 0.29) is 4.90 Å². The van der Waals surface area contributed by atoms with Gasteiger partial charge in [0.05, 0.1) is 6.61 Å². The molecule has 0 aliphatic carbocycles. The Hall–Kier alpha value is -1.89. The summed E-state index contributed by atoms with van der Waals surface area (Å²) < 4.78 is 31.4. The smallest absolute Gasteiger partial charge is 0.288 e. The van der Waals surface area contributed by atoms with E-state index in [2.05, 4.69) is 10.1 Å². The van der Waals surface area contributed by atoms with E-state index in [1.807, 2.05) is 19.9 Å². The summed E-state index contributed by atoms with van der Waals surface area (Å²) in [6, 6.07) is 5.08. The molecule has 7 heteroatoms. The number of benzene rings is 1. The van der Waals surface area contributed by atoms with Gasteiger partial charge in [-0.1, -0.05) is 19.4 Å². The normalized spacial score (nSPS) is 11.5.